The van der Waals surface area contributed by atoms with Gasteiger partial charge in [0.05, 0.1) is 10.9 Å². The molecule has 5 aromatic rings. The number of halogens is 1. The first-order valence-corrected chi connectivity index (χ1v) is 8.08. The molecule has 0 fully saturated rings. The Bertz CT molecular complexity index is 1360. The van der Waals surface area contributed by atoms with Crippen LogP contribution in [0.4, 0.5) is 4.39 Å². The van der Waals surface area contributed by atoms with Crippen LogP contribution in [0.2, 0.25) is 0 Å². The minimum atomic E-state index is -0.504. The van der Waals surface area contributed by atoms with Gasteiger partial charge in [-0.15, -0.1) is 0 Å². The Labute approximate surface area is 146 Å². The van der Waals surface area contributed by atoms with Gasteiger partial charge in [-0.1, -0.05) is 30.3 Å². The lowest BCUT2D eigenvalue weighted by Crippen LogP contribution is -2.05. The summed E-state index contributed by atoms with van der Waals surface area (Å²) in [6, 6.07) is 17.2. The predicted octanol–water partition coefficient (Wildman–Crippen LogP) is 4.70. The topological polar surface area (TPSA) is 56.0 Å². The van der Waals surface area contributed by atoms with E-state index in [1.54, 1.807) is 12.3 Å². The van der Waals surface area contributed by atoms with Gasteiger partial charge in [0.1, 0.15) is 11.4 Å². The van der Waals surface area contributed by atoms with Crippen LogP contribution in [0.1, 0.15) is 0 Å². The number of pyridine rings is 2. The van der Waals surface area contributed by atoms with Crippen molar-refractivity contribution >= 4 is 32.9 Å². The molecule has 0 saturated carbocycles. The molecule has 0 radical (unpaired) electrons. The number of hydrogen-bond donors (Lipinski definition) is 0. The molecule has 5 rings (SSSR count). The molecule has 0 N–H and O–H groups in total. The van der Waals surface area contributed by atoms with Crippen LogP contribution in [0, 0.1) is 5.82 Å². The second kappa shape index (κ2) is 5.46. The summed E-state index contributed by atoms with van der Waals surface area (Å²) >= 11 is 0. The van der Waals surface area contributed by atoms with Gasteiger partial charge in [-0.2, -0.15) is 0 Å². The Morgan fingerprint density at radius 1 is 0.923 bits per heavy atom. The fraction of sp³-hybridized carbons (Fsp3) is 0. The van der Waals surface area contributed by atoms with E-state index in [2.05, 4.69) is 9.97 Å². The molecular formula is C21H11FN2O2. The summed E-state index contributed by atoms with van der Waals surface area (Å²) in [7, 11) is 0. The van der Waals surface area contributed by atoms with Gasteiger partial charge in [0.15, 0.2) is 5.65 Å². The number of benzene rings is 2. The van der Waals surface area contributed by atoms with E-state index in [9.17, 15) is 9.18 Å². The lowest BCUT2D eigenvalue weighted by atomic mass is 9.97. The summed E-state index contributed by atoms with van der Waals surface area (Å²) in [6.45, 7) is 0. The number of rotatable bonds is 1. The van der Waals surface area contributed by atoms with E-state index in [1.807, 2.05) is 36.4 Å². The molecule has 3 heterocycles. The molecule has 0 saturated heterocycles. The lowest BCUT2D eigenvalue weighted by Gasteiger charge is -2.11. The van der Waals surface area contributed by atoms with E-state index in [4.69, 9.17) is 4.42 Å². The smallest absolute Gasteiger partial charge is 0.346 e. The highest BCUT2D eigenvalue weighted by Gasteiger charge is 2.18. The predicted molar refractivity (Wildman–Crippen MR) is 98.5 cm³/mol. The summed E-state index contributed by atoms with van der Waals surface area (Å²) in [5, 5.41) is 1.52. The third-order valence-electron chi connectivity index (χ3n) is 4.43. The van der Waals surface area contributed by atoms with Crippen molar-refractivity contribution < 1.29 is 8.81 Å². The summed E-state index contributed by atoms with van der Waals surface area (Å²) < 4.78 is 19.3. The van der Waals surface area contributed by atoms with Crippen molar-refractivity contribution in [1.82, 2.24) is 9.97 Å². The highest BCUT2D eigenvalue weighted by Crippen LogP contribution is 2.35. The van der Waals surface area contributed by atoms with Gasteiger partial charge in [-0.25, -0.2) is 19.2 Å². The van der Waals surface area contributed by atoms with Crippen LogP contribution in [0.25, 0.3) is 44.0 Å². The third kappa shape index (κ3) is 2.10. The van der Waals surface area contributed by atoms with Crippen molar-refractivity contribution in [2.24, 2.45) is 0 Å². The van der Waals surface area contributed by atoms with Crippen LogP contribution in [0.5, 0.6) is 0 Å². The largest absolute Gasteiger partial charge is 0.422 e. The highest BCUT2D eigenvalue weighted by atomic mass is 19.1. The summed E-state index contributed by atoms with van der Waals surface area (Å²) in [4.78, 5) is 21.7. The molecule has 2 aromatic carbocycles. The number of hydrogen-bond acceptors (Lipinski definition) is 4. The van der Waals surface area contributed by atoms with Crippen molar-refractivity contribution in [3.05, 3.63) is 83.1 Å². The van der Waals surface area contributed by atoms with Gasteiger partial charge in [-0.3, -0.25) is 0 Å². The fourth-order valence-electron chi connectivity index (χ4n) is 3.32. The SMILES string of the molecule is O=c1oc2ccc(F)cc2c2nc3ncccc3c(-c3ccccc3)c12. The van der Waals surface area contributed by atoms with E-state index >= 15 is 0 Å². The van der Waals surface area contributed by atoms with Crippen LogP contribution in [-0.2, 0) is 0 Å². The van der Waals surface area contributed by atoms with Crippen LogP contribution < -0.4 is 5.63 Å². The van der Waals surface area contributed by atoms with E-state index < -0.39 is 11.4 Å². The quantitative estimate of drug-likeness (QED) is 0.252. The molecule has 4 nitrogen and oxygen atoms in total. The molecule has 26 heavy (non-hydrogen) atoms. The molecule has 5 heteroatoms. The summed E-state index contributed by atoms with van der Waals surface area (Å²) in [6.07, 6.45) is 1.64. The normalized spacial score (nSPS) is 11.4. The molecule has 0 amide bonds. The number of nitrogens with zero attached hydrogens (tertiary/aromatic N) is 2. The maximum atomic E-state index is 13.8. The zero-order valence-electron chi connectivity index (χ0n) is 13.4. The lowest BCUT2D eigenvalue weighted by molar-refractivity contribution is 0.567. The molecule has 0 aliphatic heterocycles. The second-order valence-electron chi connectivity index (χ2n) is 5.98. The van der Waals surface area contributed by atoms with Gasteiger partial charge in [0.2, 0.25) is 0 Å². The summed E-state index contributed by atoms with van der Waals surface area (Å²) in [5.41, 5.74) is 2.22. The molecule has 0 unspecified atom stereocenters. The molecule has 3 aromatic heterocycles. The molecule has 0 aliphatic rings. The average Bonchev–Trinajstić information content (AvgIpc) is 2.68. The van der Waals surface area contributed by atoms with Crippen LogP contribution >= 0.6 is 0 Å². The maximum Gasteiger partial charge on any atom is 0.346 e. The molecule has 124 valence electrons. The first-order chi connectivity index (χ1) is 12.7. The van der Waals surface area contributed by atoms with Gasteiger partial charge in [0, 0.05) is 22.5 Å². The maximum absolute atomic E-state index is 13.8. The van der Waals surface area contributed by atoms with Crippen molar-refractivity contribution in [3.8, 4) is 11.1 Å². The molecular weight excluding hydrogens is 331 g/mol. The summed E-state index contributed by atoms with van der Waals surface area (Å²) in [5.74, 6) is -0.420. The first-order valence-electron chi connectivity index (χ1n) is 8.08. The Hall–Kier alpha value is -3.60. The van der Waals surface area contributed by atoms with E-state index in [-0.39, 0.29) is 0 Å². The second-order valence-corrected chi connectivity index (χ2v) is 5.98. The molecule has 0 spiro atoms. The molecule has 0 aliphatic carbocycles. The molecule has 0 atom stereocenters. The zero-order valence-corrected chi connectivity index (χ0v) is 13.4. The Morgan fingerprint density at radius 3 is 2.62 bits per heavy atom. The van der Waals surface area contributed by atoms with Gasteiger partial charge in [0.25, 0.3) is 0 Å². The highest BCUT2D eigenvalue weighted by molar-refractivity contribution is 6.14. The van der Waals surface area contributed by atoms with Gasteiger partial charge in [-0.05, 0) is 35.9 Å². The van der Waals surface area contributed by atoms with Gasteiger partial charge < -0.3 is 4.42 Å². The molecule has 0 bridgehead atoms. The Kier molecular flexibility index (Phi) is 3.09. The Morgan fingerprint density at radius 2 is 1.77 bits per heavy atom. The standard InChI is InChI=1S/C21H11FN2O2/c22-13-8-9-16-15(11-13)19-18(21(25)26-16)17(12-5-2-1-3-6-12)14-7-4-10-23-20(14)24-19/h1-11H. The van der Waals surface area contributed by atoms with E-state index in [0.717, 1.165) is 10.9 Å². The van der Waals surface area contributed by atoms with Crippen LogP contribution in [-0.4, -0.2) is 9.97 Å². The van der Waals surface area contributed by atoms with Gasteiger partial charge >= 0.3 is 5.63 Å². The van der Waals surface area contributed by atoms with Crippen LogP contribution in [0.15, 0.2) is 76.1 Å². The number of fused-ring (bicyclic) bond motifs is 4. The van der Waals surface area contributed by atoms with Crippen LogP contribution in [0.3, 0.4) is 0 Å². The van der Waals surface area contributed by atoms with Crippen molar-refractivity contribution in [3.63, 3.8) is 0 Å². The average molecular weight is 342 g/mol. The monoisotopic (exact) mass is 342 g/mol. The zero-order chi connectivity index (χ0) is 17.7. The fourth-order valence-corrected chi connectivity index (χ4v) is 3.32. The van der Waals surface area contributed by atoms with Crippen molar-refractivity contribution in [2.45, 2.75) is 0 Å². The minimum Gasteiger partial charge on any atom is -0.422 e. The van der Waals surface area contributed by atoms with E-state index in [0.29, 0.717) is 33.1 Å². The van der Waals surface area contributed by atoms with Crippen molar-refractivity contribution in [1.29, 1.82) is 0 Å². The minimum absolute atomic E-state index is 0.297. The van der Waals surface area contributed by atoms with Crippen molar-refractivity contribution in [2.75, 3.05) is 0 Å². The third-order valence-corrected chi connectivity index (χ3v) is 4.43. The Balaban J connectivity index is 2.11. The number of aromatic nitrogens is 2. The van der Waals surface area contributed by atoms with E-state index in [1.165, 1.54) is 18.2 Å². The first kappa shape index (κ1) is 14.7.